The number of aromatic nitrogens is 1. The average molecular weight is 199 g/mol. The van der Waals surface area contributed by atoms with Gasteiger partial charge in [-0.3, -0.25) is 0 Å². The van der Waals surface area contributed by atoms with Crippen molar-refractivity contribution < 1.29 is 8.39 Å². The van der Waals surface area contributed by atoms with E-state index < -0.39 is 0 Å². The number of hydrogen-bond acceptors (Lipinski definition) is 4. The molecule has 0 aliphatic heterocycles. The third-order valence-electron chi connectivity index (χ3n) is 1.39. The molecule has 2 aromatic rings. The van der Waals surface area contributed by atoms with E-state index in [0.717, 1.165) is 10.2 Å². The number of nitrogens with zero attached hydrogens (tertiary/aromatic N) is 1. The summed E-state index contributed by atoms with van der Waals surface area (Å²) in [5.74, 6) is 0. The van der Waals surface area contributed by atoms with Crippen molar-refractivity contribution in [3.05, 3.63) is 24.3 Å². The Morgan fingerprint density at radius 2 is 2.25 bits per heavy atom. The smallest absolute Gasteiger partial charge is 0.289 e. The molecule has 0 spiro atoms. The van der Waals surface area contributed by atoms with Gasteiger partial charge in [0.15, 0.2) is 11.9 Å². The van der Waals surface area contributed by atoms with Gasteiger partial charge in [0.1, 0.15) is 0 Å². The van der Waals surface area contributed by atoms with Crippen molar-refractivity contribution in [1.29, 1.82) is 0 Å². The average Bonchev–Trinajstić information content (AvgIpc) is 2.47. The minimum Gasteiger partial charge on any atom is -0.372 e. The Balaban J connectivity index is 2.54. The van der Waals surface area contributed by atoms with Crippen LogP contribution in [0.3, 0.4) is 0 Å². The molecule has 62 valence electrons. The van der Waals surface area contributed by atoms with Crippen molar-refractivity contribution in [2.24, 2.45) is 0 Å². The van der Waals surface area contributed by atoms with Crippen LogP contribution in [0.15, 0.2) is 24.3 Å². The van der Waals surface area contributed by atoms with Crippen LogP contribution in [-0.2, 0) is 11.9 Å². The molecule has 0 N–H and O–H groups in total. The van der Waals surface area contributed by atoms with Crippen LogP contribution in [0, 0.1) is 0 Å². The standard InChI is InChI=1S/C7H5NO2S2/c9-12-10-7-8-5-3-1-2-4-6(5)11-7/h1-4,12H. The van der Waals surface area contributed by atoms with E-state index in [0.29, 0.717) is 5.19 Å². The molecule has 0 atom stereocenters. The summed E-state index contributed by atoms with van der Waals surface area (Å²) in [5, 5.41) is 0.438. The minimum absolute atomic E-state index is 0.357. The van der Waals surface area contributed by atoms with E-state index >= 15 is 0 Å². The highest BCUT2D eigenvalue weighted by atomic mass is 32.2. The summed E-state index contributed by atoms with van der Waals surface area (Å²) in [5.41, 5.74) is 0.876. The highest BCUT2D eigenvalue weighted by Crippen LogP contribution is 2.26. The molecule has 1 aromatic carbocycles. The lowest BCUT2D eigenvalue weighted by atomic mass is 10.3. The highest BCUT2D eigenvalue weighted by molar-refractivity contribution is 7.60. The summed E-state index contributed by atoms with van der Waals surface area (Å²) in [4.78, 5) is 4.09. The molecule has 1 heterocycles. The van der Waals surface area contributed by atoms with E-state index in [-0.39, 0.29) is 11.9 Å². The van der Waals surface area contributed by atoms with Gasteiger partial charge in [-0.25, -0.2) is 9.19 Å². The Kier molecular flexibility index (Phi) is 2.05. The van der Waals surface area contributed by atoms with Crippen LogP contribution in [0.5, 0.6) is 5.19 Å². The van der Waals surface area contributed by atoms with Crippen LogP contribution in [0.4, 0.5) is 0 Å². The second-order valence-electron chi connectivity index (χ2n) is 2.11. The van der Waals surface area contributed by atoms with Gasteiger partial charge in [0.25, 0.3) is 5.19 Å². The summed E-state index contributed by atoms with van der Waals surface area (Å²) >= 11 is 1.02. The summed E-state index contributed by atoms with van der Waals surface area (Å²) in [7, 11) is 0. The topological polar surface area (TPSA) is 39.2 Å². The van der Waals surface area contributed by atoms with Crippen LogP contribution in [0.1, 0.15) is 0 Å². The summed E-state index contributed by atoms with van der Waals surface area (Å²) < 4.78 is 15.8. The summed E-state index contributed by atoms with van der Waals surface area (Å²) in [6.45, 7) is 0. The Labute approximate surface area is 76.7 Å². The molecule has 1 aromatic heterocycles. The number of thiazole rings is 1. The van der Waals surface area contributed by atoms with Crippen LogP contribution in [0.25, 0.3) is 10.2 Å². The molecule has 5 heteroatoms. The molecule has 0 fully saturated rings. The monoisotopic (exact) mass is 199 g/mol. The lowest BCUT2D eigenvalue weighted by molar-refractivity contribution is 0.579. The largest absolute Gasteiger partial charge is 0.372 e. The first-order valence-corrected chi connectivity index (χ1v) is 4.80. The van der Waals surface area contributed by atoms with Gasteiger partial charge in [0.05, 0.1) is 10.2 Å². The molecule has 12 heavy (non-hydrogen) atoms. The van der Waals surface area contributed by atoms with Gasteiger partial charge in [0.2, 0.25) is 0 Å². The van der Waals surface area contributed by atoms with Crippen molar-refractivity contribution >= 4 is 33.5 Å². The van der Waals surface area contributed by atoms with E-state index in [1.54, 1.807) is 0 Å². The maximum Gasteiger partial charge on any atom is 0.289 e. The minimum atomic E-state index is -0.357. The van der Waals surface area contributed by atoms with Crippen molar-refractivity contribution in [3.63, 3.8) is 0 Å². The lowest BCUT2D eigenvalue weighted by Gasteiger charge is -1.82. The van der Waals surface area contributed by atoms with Crippen LogP contribution in [-0.4, -0.2) is 9.19 Å². The maximum atomic E-state index is 10.1. The second-order valence-corrected chi connectivity index (χ2v) is 3.44. The van der Waals surface area contributed by atoms with Crippen molar-refractivity contribution in [1.82, 2.24) is 4.98 Å². The molecule has 0 saturated heterocycles. The maximum absolute atomic E-state index is 10.1. The zero-order chi connectivity index (χ0) is 8.39. The Morgan fingerprint density at radius 1 is 1.42 bits per heavy atom. The van der Waals surface area contributed by atoms with Gasteiger partial charge in [-0.2, -0.15) is 0 Å². The highest BCUT2D eigenvalue weighted by Gasteiger charge is 2.01. The molecule has 2 rings (SSSR count). The zero-order valence-corrected chi connectivity index (χ0v) is 7.64. The van der Waals surface area contributed by atoms with Crippen molar-refractivity contribution in [2.45, 2.75) is 0 Å². The SMILES string of the molecule is O=[SH]Oc1nc2ccccc2s1. The Morgan fingerprint density at radius 3 is 3.00 bits per heavy atom. The zero-order valence-electron chi connectivity index (χ0n) is 5.93. The van der Waals surface area contributed by atoms with Crippen LogP contribution in [0.2, 0.25) is 0 Å². The molecule has 3 nitrogen and oxygen atoms in total. The fraction of sp³-hybridized carbons (Fsp3) is 0. The fourth-order valence-electron chi connectivity index (χ4n) is 0.922. The van der Waals surface area contributed by atoms with Crippen molar-refractivity contribution in [2.75, 3.05) is 0 Å². The molecule has 0 aliphatic carbocycles. The number of benzene rings is 1. The first-order chi connectivity index (χ1) is 5.90. The van der Waals surface area contributed by atoms with E-state index in [9.17, 15) is 4.21 Å². The molecule has 0 radical (unpaired) electrons. The number of hydrogen-bond donors (Lipinski definition) is 1. The number of rotatable bonds is 2. The fourth-order valence-corrected chi connectivity index (χ4v) is 1.96. The summed E-state index contributed by atoms with van der Waals surface area (Å²) in [6, 6.07) is 7.67. The van der Waals surface area contributed by atoms with Crippen LogP contribution >= 0.6 is 11.3 Å². The predicted molar refractivity (Wildman–Crippen MR) is 49.8 cm³/mol. The van der Waals surface area contributed by atoms with E-state index in [1.807, 2.05) is 24.3 Å². The van der Waals surface area contributed by atoms with Gasteiger partial charge in [-0.15, -0.1) is 0 Å². The van der Waals surface area contributed by atoms with E-state index in [2.05, 4.69) is 4.98 Å². The predicted octanol–water partition coefficient (Wildman–Crippen LogP) is 1.54. The van der Waals surface area contributed by atoms with Crippen LogP contribution < -0.4 is 4.18 Å². The first-order valence-electron chi connectivity index (χ1n) is 3.25. The molecule has 0 saturated carbocycles. The number of thiol groups is 1. The Hall–Kier alpha value is -0.940. The number of para-hydroxylation sites is 1. The first kappa shape index (κ1) is 7.70. The molecular formula is C7H5NO2S2. The normalized spacial score (nSPS) is 10.3. The van der Waals surface area contributed by atoms with Gasteiger partial charge < -0.3 is 4.18 Å². The molecular weight excluding hydrogens is 194 g/mol. The van der Waals surface area contributed by atoms with Gasteiger partial charge >= 0.3 is 0 Å². The third-order valence-corrected chi connectivity index (χ3v) is 2.67. The summed E-state index contributed by atoms with van der Waals surface area (Å²) in [6.07, 6.45) is 0. The Bertz CT molecular complexity index is 379. The van der Waals surface area contributed by atoms with Gasteiger partial charge in [0, 0.05) is 0 Å². The van der Waals surface area contributed by atoms with Crippen molar-refractivity contribution in [3.8, 4) is 5.19 Å². The molecule has 0 unspecified atom stereocenters. The van der Waals surface area contributed by atoms with E-state index in [1.165, 1.54) is 11.3 Å². The molecule has 0 bridgehead atoms. The third kappa shape index (κ3) is 1.33. The quantitative estimate of drug-likeness (QED) is 0.746. The lowest BCUT2D eigenvalue weighted by Crippen LogP contribution is -1.80. The second kappa shape index (κ2) is 3.20. The molecule has 0 aliphatic rings. The van der Waals surface area contributed by atoms with Gasteiger partial charge in [-0.05, 0) is 12.1 Å². The molecule has 0 amide bonds. The number of fused-ring (bicyclic) bond motifs is 1. The van der Waals surface area contributed by atoms with E-state index in [4.69, 9.17) is 4.18 Å². The van der Waals surface area contributed by atoms with Gasteiger partial charge in [-0.1, -0.05) is 23.5 Å².